The Morgan fingerprint density at radius 3 is 3.00 bits per heavy atom. The topological polar surface area (TPSA) is 117 Å². The van der Waals surface area contributed by atoms with E-state index in [2.05, 4.69) is 10.2 Å². The van der Waals surface area contributed by atoms with Gasteiger partial charge < -0.3 is 24.9 Å². The molecule has 1 aliphatic rings. The highest BCUT2D eigenvalue weighted by atomic mass is 35.5. The molecule has 1 aromatic carbocycles. The number of ether oxygens (including phenoxy) is 2. The van der Waals surface area contributed by atoms with Crippen LogP contribution in [0.1, 0.15) is 25.0 Å². The Kier molecular flexibility index (Phi) is 4.90. The maximum absolute atomic E-state index is 11.7. The minimum Gasteiger partial charge on any atom is -0.466 e. The number of esters is 1. The van der Waals surface area contributed by atoms with E-state index in [0.717, 1.165) is 11.3 Å². The standard InChI is InChI=1S/C13H13BClN3O5S/c1-2-21-10(19)5-9-11-7(14(20)23-9)3-6(4-8(11)15)22-13-18-17-12(16)24-13/h3-4,9,20H,2,5H2,1H3,(H2,16,17). The van der Waals surface area contributed by atoms with Gasteiger partial charge in [-0.1, -0.05) is 16.7 Å². The third kappa shape index (κ3) is 3.46. The summed E-state index contributed by atoms with van der Waals surface area (Å²) in [6.07, 6.45) is -0.710. The van der Waals surface area contributed by atoms with E-state index in [0.29, 0.717) is 21.8 Å². The Morgan fingerprint density at radius 2 is 2.33 bits per heavy atom. The number of carbonyl (C=O) groups excluding carboxylic acids is 1. The van der Waals surface area contributed by atoms with E-state index < -0.39 is 19.2 Å². The van der Waals surface area contributed by atoms with Crippen LogP contribution in [0, 0.1) is 0 Å². The van der Waals surface area contributed by atoms with Crippen LogP contribution < -0.4 is 15.9 Å². The van der Waals surface area contributed by atoms with Crippen molar-refractivity contribution in [3.63, 3.8) is 0 Å². The lowest BCUT2D eigenvalue weighted by Gasteiger charge is -2.13. The van der Waals surface area contributed by atoms with Gasteiger partial charge in [0.25, 0.3) is 0 Å². The highest BCUT2D eigenvalue weighted by Gasteiger charge is 2.38. The molecule has 2 heterocycles. The lowest BCUT2D eigenvalue weighted by Crippen LogP contribution is -2.28. The number of nitrogens with zero attached hydrogens (tertiary/aromatic N) is 2. The van der Waals surface area contributed by atoms with Crippen molar-refractivity contribution in [1.29, 1.82) is 0 Å². The number of aromatic nitrogens is 2. The van der Waals surface area contributed by atoms with E-state index in [4.69, 9.17) is 31.5 Å². The fraction of sp³-hybridized carbons (Fsp3) is 0.308. The van der Waals surface area contributed by atoms with Gasteiger partial charge in [-0.15, -0.1) is 5.10 Å². The summed E-state index contributed by atoms with van der Waals surface area (Å²) in [4.78, 5) is 11.7. The minimum absolute atomic E-state index is 0.0369. The molecule has 0 fully saturated rings. The quantitative estimate of drug-likeness (QED) is 0.598. The number of carbonyl (C=O) groups is 1. The van der Waals surface area contributed by atoms with Crippen LogP contribution in [0.25, 0.3) is 0 Å². The van der Waals surface area contributed by atoms with Crippen molar-refractivity contribution in [3.8, 4) is 10.9 Å². The van der Waals surface area contributed by atoms with Crippen molar-refractivity contribution in [2.75, 3.05) is 12.3 Å². The number of rotatable bonds is 5. The molecule has 1 unspecified atom stereocenters. The fourth-order valence-corrected chi connectivity index (χ4v) is 3.22. The van der Waals surface area contributed by atoms with Gasteiger partial charge in [0.05, 0.1) is 19.1 Å². The Labute approximate surface area is 146 Å². The highest BCUT2D eigenvalue weighted by molar-refractivity contribution is 7.16. The molecule has 1 atom stereocenters. The summed E-state index contributed by atoms with van der Waals surface area (Å²) in [7, 11) is -1.21. The molecule has 2 aromatic rings. The van der Waals surface area contributed by atoms with E-state index in [-0.39, 0.29) is 23.4 Å². The van der Waals surface area contributed by atoms with E-state index in [9.17, 15) is 9.82 Å². The Hall–Kier alpha value is -1.88. The monoisotopic (exact) mass is 369 g/mol. The third-order valence-corrected chi connectivity index (χ3v) is 4.24. The van der Waals surface area contributed by atoms with Crippen molar-refractivity contribution in [3.05, 3.63) is 22.7 Å². The van der Waals surface area contributed by atoms with Gasteiger partial charge in [-0.2, -0.15) is 0 Å². The second-order valence-corrected chi connectivity index (χ2v) is 6.28. The maximum Gasteiger partial charge on any atom is 0.492 e. The van der Waals surface area contributed by atoms with Gasteiger partial charge in [0.1, 0.15) is 5.75 Å². The number of nitrogens with two attached hydrogens (primary N) is 1. The van der Waals surface area contributed by atoms with Crippen LogP contribution in [0.2, 0.25) is 5.02 Å². The second kappa shape index (κ2) is 6.93. The average molecular weight is 370 g/mol. The number of nitrogen functional groups attached to an aromatic ring is 1. The molecule has 0 spiro atoms. The molecule has 1 aliphatic heterocycles. The molecule has 11 heteroatoms. The van der Waals surface area contributed by atoms with Crippen molar-refractivity contribution < 1.29 is 23.9 Å². The number of benzene rings is 1. The summed E-state index contributed by atoms with van der Waals surface area (Å²) < 4.78 is 15.8. The van der Waals surface area contributed by atoms with Crippen molar-refractivity contribution in [2.24, 2.45) is 0 Å². The van der Waals surface area contributed by atoms with Gasteiger partial charge in [0, 0.05) is 5.02 Å². The fourth-order valence-electron chi connectivity index (χ4n) is 2.40. The smallest absolute Gasteiger partial charge is 0.466 e. The summed E-state index contributed by atoms with van der Waals surface area (Å²) in [5.41, 5.74) is 6.48. The van der Waals surface area contributed by atoms with Crippen molar-refractivity contribution in [2.45, 2.75) is 19.4 Å². The van der Waals surface area contributed by atoms with Crippen molar-refractivity contribution >= 4 is 46.6 Å². The van der Waals surface area contributed by atoms with Crippen LogP contribution in [0.3, 0.4) is 0 Å². The Bertz CT molecular complexity index is 774. The molecule has 1 aromatic heterocycles. The lowest BCUT2D eigenvalue weighted by atomic mass is 9.79. The zero-order chi connectivity index (χ0) is 17.3. The van der Waals surface area contributed by atoms with Crippen LogP contribution in [0.15, 0.2) is 12.1 Å². The minimum atomic E-state index is -1.21. The number of hydrogen-bond donors (Lipinski definition) is 2. The van der Waals surface area contributed by atoms with E-state index in [1.54, 1.807) is 19.1 Å². The zero-order valence-corrected chi connectivity index (χ0v) is 14.1. The number of hydrogen-bond acceptors (Lipinski definition) is 9. The number of fused-ring (bicyclic) bond motifs is 1. The second-order valence-electron chi connectivity index (χ2n) is 4.90. The van der Waals surface area contributed by atoms with Gasteiger partial charge in [-0.25, -0.2) is 0 Å². The van der Waals surface area contributed by atoms with Crippen LogP contribution in [0.4, 0.5) is 5.13 Å². The maximum atomic E-state index is 11.7. The average Bonchev–Trinajstić information content (AvgIpc) is 3.04. The number of anilines is 1. The van der Waals surface area contributed by atoms with Crippen LogP contribution in [-0.2, 0) is 14.2 Å². The van der Waals surface area contributed by atoms with Crippen LogP contribution >= 0.6 is 22.9 Å². The molecule has 0 aliphatic carbocycles. The highest BCUT2D eigenvalue weighted by Crippen LogP contribution is 2.36. The summed E-state index contributed by atoms with van der Waals surface area (Å²) >= 11 is 7.36. The zero-order valence-electron chi connectivity index (χ0n) is 12.6. The van der Waals surface area contributed by atoms with E-state index >= 15 is 0 Å². The SMILES string of the molecule is CCOC(=O)CC1OB(O)c2cc(Oc3nnc(N)s3)cc(Cl)c21. The molecular formula is C13H13BClN3O5S. The van der Waals surface area contributed by atoms with E-state index in [1.807, 2.05) is 0 Å². The molecule has 3 rings (SSSR count). The lowest BCUT2D eigenvalue weighted by molar-refractivity contribution is -0.145. The van der Waals surface area contributed by atoms with Crippen LogP contribution in [0.5, 0.6) is 10.9 Å². The van der Waals surface area contributed by atoms with Gasteiger partial charge in [0.15, 0.2) is 0 Å². The molecule has 0 amide bonds. The first-order valence-electron chi connectivity index (χ1n) is 7.07. The summed E-state index contributed by atoms with van der Waals surface area (Å²) in [6.45, 7) is 1.99. The molecule has 0 bridgehead atoms. The molecule has 0 saturated carbocycles. The van der Waals surface area contributed by atoms with Gasteiger partial charge in [-0.3, -0.25) is 4.79 Å². The Morgan fingerprint density at radius 1 is 1.54 bits per heavy atom. The van der Waals surface area contributed by atoms with Crippen LogP contribution in [-0.4, -0.2) is 34.9 Å². The predicted octanol–water partition coefficient (Wildman–Crippen LogP) is 1.28. The van der Waals surface area contributed by atoms with E-state index in [1.165, 1.54) is 0 Å². The first-order valence-corrected chi connectivity index (χ1v) is 8.26. The molecule has 126 valence electrons. The molecule has 24 heavy (non-hydrogen) atoms. The largest absolute Gasteiger partial charge is 0.492 e. The van der Waals surface area contributed by atoms with Gasteiger partial charge >= 0.3 is 18.3 Å². The summed E-state index contributed by atoms with van der Waals surface area (Å²) in [5, 5.41) is 18.3. The summed E-state index contributed by atoms with van der Waals surface area (Å²) in [6, 6.07) is 3.13. The normalized spacial score (nSPS) is 16.1. The Balaban J connectivity index is 1.85. The summed E-state index contributed by atoms with van der Waals surface area (Å²) in [5.74, 6) is -0.0717. The third-order valence-electron chi connectivity index (χ3n) is 3.30. The molecule has 0 radical (unpaired) electrons. The molecular weight excluding hydrogens is 356 g/mol. The van der Waals surface area contributed by atoms with Gasteiger partial charge in [-0.05, 0) is 41.4 Å². The van der Waals surface area contributed by atoms with Crippen molar-refractivity contribution in [1.82, 2.24) is 10.2 Å². The molecule has 8 nitrogen and oxygen atoms in total. The van der Waals surface area contributed by atoms with Gasteiger partial charge in [0.2, 0.25) is 5.13 Å². The first-order chi connectivity index (χ1) is 11.5. The first kappa shape index (κ1) is 17.0. The molecule has 3 N–H and O–H groups in total. The number of halogens is 1. The predicted molar refractivity (Wildman–Crippen MR) is 88.5 cm³/mol. The molecule has 0 saturated heterocycles.